The lowest BCUT2D eigenvalue weighted by atomic mass is 10.1. The number of rotatable bonds is 4. The molecule has 3 N–H and O–H groups in total. The molecule has 6 heteroatoms. The molecule has 1 heterocycles. The Labute approximate surface area is 125 Å². The molecule has 0 radical (unpaired) electrons. The van der Waals surface area contributed by atoms with Crippen molar-refractivity contribution in [3.8, 4) is 0 Å². The van der Waals surface area contributed by atoms with E-state index in [1.807, 2.05) is 20.8 Å². The van der Waals surface area contributed by atoms with Gasteiger partial charge in [-0.3, -0.25) is 4.98 Å². The van der Waals surface area contributed by atoms with Gasteiger partial charge in [0, 0.05) is 24.6 Å². The molecule has 0 spiro atoms. The third kappa shape index (κ3) is 3.40. The van der Waals surface area contributed by atoms with E-state index in [2.05, 4.69) is 9.71 Å². The molecule has 0 unspecified atom stereocenters. The van der Waals surface area contributed by atoms with Crippen LogP contribution in [0.2, 0.25) is 0 Å². The molecule has 0 atom stereocenters. The largest absolute Gasteiger partial charge is 0.398 e. The monoisotopic (exact) mass is 305 g/mol. The number of pyridine rings is 1. The predicted octanol–water partition coefficient (Wildman–Crippen LogP) is 2.07. The van der Waals surface area contributed by atoms with Gasteiger partial charge >= 0.3 is 0 Å². The highest BCUT2D eigenvalue weighted by Crippen LogP contribution is 2.21. The van der Waals surface area contributed by atoms with Gasteiger partial charge in [-0.25, -0.2) is 13.1 Å². The van der Waals surface area contributed by atoms with Crippen LogP contribution in [0, 0.1) is 20.8 Å². The summed E-state index contributed by atoms with van der Waals surface area (Å²) in [6, 6.07) is 4.92. The van der Waals surface area contributed by atoms with Gasteiger partial charge in [0.1, 0.15) is 0 Å². The first kappa shape index (κ1) is 15.5. The Balaban J connectivity index is 2.25. The molecular formula is C15H19N3O2S. The van der Waals surface area contributed by atoms with Crippen LogP contribution in [0.5, 0.6) is 0 Å². The first-order chi connectivity index (χ1) is 9.81. The Morgan fingerprint density at radius 1 is 1.19 bits per heavy atom. The lowest BCUT2D eigenvalue weighted by molar-refractivity contribution is 0.581. The Morgan fingerprint density at radius 2 is 1.90 bits per heavy atom. The zero-order valence-electron chi connectivity index (χ0n) is 12.3. The molecule has 0 fully saturated rings. The number of anilines is 1. The van der Waals surface area contributed by atoms with E-state index in [4.69, 9.17) is 5.73 Å². The second-order valence-electron chi connectivity index (χ2n) is 5.08. The summed E-state index contributed by atoms with van der Waals surface area (Å²) >= 11 is 0. The molecule has 1 aromatic carbocycles. The topological polar surface area (TPSA) is 85.1 Å². The minimum Gasteiger partial charge on any atom is -0.398 e. The van der Waals surface area contributed by atoms with Crippen LogP contribution in [0.25, 0.3) is 0 Å². The van der Waals surface area contributed by atoms with E-state index in [1.165, 1.54) is 6.07 Å². The van der Waals surface area contributed by atoms with Gasteiger partial charge in [0.25, 0.3) is 0 Å². The molecule has 1 aromatic heterocycles. The molecule has 2 aromatic rings. The highest BCUT2D eigenvalue weighted by molar-refractivity contribution is 7.89. The van der Waals surface area contributed by atoms with Crippen LogP contribution >= 0.6 is 0 Å². The van der Waals surface area contributed by atoms with Gasteiger partial charge in [-0.1, -0.05) is 0 Å². The molecular weight excluding hydrogens is 286 g/mol. The minimum atomic E-state index is -3.59. The van der Waals surface area contributed by atoms with Crippen LogP contribution in [0.15, 0.2) is 35.5 Å². The van der Waals surface area contributed by atoms with Crippen LogP contribution in [-0.4, -0.2) is 13.4 Å². The first-order valence-electron chi connectivity index (χ1n) is 6.57. The molecule has 0 aliphatic carbocycles. The zero-order valence-corrected chi connectivity index (χ0v) is 13.2. The maximum atomic E-state index is 12.4. The van der Waals surface area contributed by atoms with Crippen molar-refractivity contribution in [1.29, 1.82) is 0 Å². The van der Waals surface area contributed by atoms with E-state index >= 15 is 0 Å². The minimum absolute atomic E-state index is 0.190. The van der Waals surface area contributed by atoms with Crippen LogP contribution in [0.1, 0.15) is 22.3 Å². The Hall–Kier alpha value is -1.92. The highest BCUT2D eigenvalue weighted by atomic mass is 32.2. The summed E-state index contributed by atoms with van der Waals surface area (Å²) in [5, 5.41) is 0. The fraction of sp³-hybridized carbons (Fsp3) is 0.267. The fourth-order valence-electron chi connectivity index (χ4n) is 1.96. The van der Waals surface area contributed by atoms with Gasteiger partial charge in [0.05, 0.1) is 4.90 Å². The molecule has 21 heavy (non-hydrogen) atoms. The standard InChI is InChI=1S/C15H19N3O2S/c1-10-6-14(7-15(16)12(10)3)21(19,20)18-9-13-4-5-17-8-11(13)2/h4-8,18H,9,16H2,1-3H3. The number of aryl methyl sites for hydroxylation is 2. The molecule has 0 aliphatic heterocycles. The lowest BCUT2D eigenvalue weighted by Crippen LogP contribution is -2.24. The zero-order chi connectivity index (χ0) is 15.6. The number of nitrogens with zero attached hydrogens (tertiary/aromatic N) is 1. The Kier molecular flexibility index (Phi) is 4.29. The molecule has 112 valence electrons. The fourth-order valence-corrected chi connectivity index (χ4v) is 3.09. The van der Waals surface area contributed by atoms with Gasteiger partial charge in [-0.15, -0.1) is 0 Å². The maximum absolute atomic E-state index is 12.4. The van der Waals surface area contributed by atoms with Crippen molar-refractivity contribution >= 4 is 15.7 Å². The summed E-state index contributed by atoms with van der Waals surface area (Å²) in [5.74, 6) is 0. The van der Waals surface area contributed by atoms with Crippen LogP contribution in [-0.2, 0) is 16.6 Å². The second kappa shape index (κ2) is 5.83. The van der Waals surface area contributed by atoms with E-state index in [9.17, 15) is 8.42 Å². The van der Waals surface area contributed by atoms with Gasteiger partial charge in [-0.05, 0) is 61.2 Å². The molecule has 5 nitrogen and oxygen atoms in total. The van der Waals surface area contributed by atoms with Crippen molar-refractivity contribution in [3.63, 3.8) is 0 Å². The van der Waals surface area contributed by atoms with E-state index < -0.39 is 10.0 Å². The number of sulfonamides is 1. The third-order valence-corrected chi connectivity index (χ3v) is 4.96. The van der Waals surface area contributed by atoms with E-state index in [-0.39, 0.29) is 11.4 Å². The number of benzene rings is 1. The number of nitrogens with two attached hydrogens (primary N) is 1. The Morgan fingerprint density at radius 3 is 2.52 bits per heavy atom. The average Bonchev–Trinajstić information content (AvgIpc) is 2.43. The van der Waals surface area contributed by atoms with Crippen molar-refractivity contribution < 1.29 is 8.42 Å². The quantitative estimate of drug-likeness (QED) is 0.847. The van der Waals surface area contributed by atoms with Crippen molar-refractivity contribution in [2.45, 2.75) is 32.2 Å². The van der Waals surface area contributed by atoms with E-state index in [0.29, 0.717) is 5.69 Å². The SMILES string of the molecule is Cc1cnccc1CNS(=O)(=O)c1cc(C)c(C)c(N)c1. The number of nitrogens with one attached hydrogen (secondary N) is 1. The Bertz CT molecular complexity index is 747. The molecule has 0 bridgehead atoms. The second-order valence-corrected chi connectivity index (χ2v) is 6.85. The molecule has 0 aliphatic rings. The van der Waals surface area contributed by atoms with Crippen molar-refractivity contribution in [2.24, 2.45) is 0 Å². The summed E-state index contributed by atoms with van der Waals surface area (Å²) in [5.41, 5.74) is 9.93. The average molecular weight is 305 g/mol. The highest BCUT2D eigenvalue weighted by Gasteiger charge is 2.16. The molecule has 0 amide bonds. The summed E-state index contributed by atoms with van der Waals surface area (Å²) in [7, 11) is -3.59. The lowest BCUT2D eigenvalue weighted by Gasteiger charge is -2.11. The van der Waals surface area contributed by atoms with Gasteiger partial charge in [0.15, 0.2) is 0 Å². The summed E-state index contributed by atoms with van der Waals surface area (Å²) < 4.78 is 27.3. The summed E-state index contributed by atoms with van der Waals surface area (Å²) in [6.07, 6.45) is 3.35. The normalized spacial score (nSPS) is 11.6. The van der Waals surface area contributed by atoms with E-state index in [0.717, 1.165) is 22.3 Å². The van der Waals surface area contributed by atoms with Crippen LogP contribution in [0.3, 0.4) is 0 Å². The number of aromatic nitrogens is 1. The first-order valence-corrected chi connectivity index (χ1v) is 8.05. The predicted molar refractivity (Wildman–Crippen MR) is 83.3 cm³/mol. The van der Waals surface area contributed by atoms with E-state index in [1.54, 1.807) is 24.5 Å². The summed E-state index contributed by atoms with van der Waals surface area (Å²) in [4.78, 5) is 4.18. The third-order valence-electron chi connectivity index (χ3n) is 3.58. The maximum Gasteiger partial charge on any atom is 0.240 e. The van der Waals surface area contributed by atoms with Crippen LogP contribution < -0.4 is 10.5 Å². The number of hydrogen-bond acceptors (Lipinski definition) is 4. The van der Waals surface area contributed by atoms with Crippen molar-refractivity contribution in [1.82, 2.24) is 9.71 Å². The molecule has 2 rings (SSSR count). The molecule has 0 saturated heterocycles. The smallest absolute Gasteiger partial charge is 0.240 e. The van der Waals surface area contributed by atoms with Gasteiger partial charge in [0.2, 0.25) is 10.0 Å². The van der Waals surface area contributed by atoms with Crippen molar-refractivity contribution in [2.75, 3.05) is 5.73 Å². The van der Waals surface area contributed by atoms with Crippen molar-refractivity contribution in [3.05, 3.63) is 52.8 Å². The summed E-state index contributed by atoms with van der Waals surface area (Å²) in [6.45, 7) is 5.83. The van der Waals surface area contributed by atoms with Gasteiger partial charge in [-0.2, -0.15) is 0 Å². The van der Waals surface area contributed by atoms with Gasteiger partial charge < -0.3 is 5.73 Å². The van der Waals surface area contributed by atoms with Crippen LogP contribution in [0.4, 0.5) is 5.69 Å². The number of hydrogen-bond donors (Lipinski definition) is 2. The molecule has 0 saturated carbocycles. The number of nitrogen functional groups attached to an aromatic ring is 1.